The predicted octanol–water partition coefficient (Wildman–Crippen LogP) is 2.49. The van der Waals surface area contributed by atoms with Gasteiger partial charge in [0.15, 0.2) is 11.5 Å². The maximum absolute atomic E-state index is 9.47. The first-order chi connectivity index (χ1) is 10.3. The van der Waals surface area contributed by atoms with E-state index < -0.39 is 0 Å². The highest BCUT2D eigenvalue weighted by Crippen LogP contribution is 2.34. The first kappa shape index (κ1) is 13.8. The van der Waals surface area contributed by atoms with Crippen LogP contribution in [0.25, 0.3) is 0 Å². The second-order valence-electron chi connectivity index (χ2n) is 5.21. The van der Waals surface area contributed by atoms with Crippen LogP contribution in [0.15, 0.2) is 42.5 Å². The summed E-state index contributed by atoms with van der Waals surface area (Å²) < 4.78 is 11.2. The van der Waals surface area contributed by atoms with Crippen molar-refractivity contribution < 1.29 is 14.6 Å². The van der Waals surface area contributed by atoms with Crippen LogP contribution in [-0.2, 0) is 13.0 Å². The van der Waals surface area contributed by atoms with E-state index in [2.05, 4.69) is 11.4 Å². The first-order valence-electron chi connectivity index (χ1n) is 7.06. The molecule has 0 fully saturated rings. The van der Waals surface area contributed by atoms with E-state index in [1.165, 1.54) is 0 Å². The zero-order valence-electron chi connectivity index (χ0n) is 12.0. The van der Waals surface area contributed by atoms with Crippen LogP contribution in [0.4, 0.5) is 0 Å². The summed E-state index contributed by atoms with van der Waals surface area (Å²) in [4.78, 5) is 0. The minimum Gasteiger partial charge on any atom is -0.508 e. The molecule has 1 heterocycles. The number of para-hydroxylation sites is 1. The molecular weight excluding hydrogens is 266 g/mol. The lowest BCUT2D eigenvalue weighted by Crippen LogP contribution is -2.38. The van der Waals surface area contributed by atoms with Gasteiger partial charge in [0, 0.05) is 12.6 Å². The minimum absolute atomic E-state index is 0.256. The highest BCUT2D eigenvalue weighted by molar-refractivity contribution is 5.48. The Morgan fingerprint density at radius 1 is 1.29 bits per heavy atom. The monoisotopic (exact) mass is 285 g/mol. The van der Waals surface area contributed by atoms with E-state index in [-0.39, 0.29) is 6.04 Å². The molecular formula is C17H19NO3. The number of hydrogen-bond donors (Lipinski definition) is 2. The number of aromatic hydroxyl groups is 1. The van der Waals surface area contributed by atoms with Gasteiger partial charge in [-0.15, -0.1) is 0 Å². The molecule has 0 radical (unpaired) electrons. The molecule has 110 valence electrons. The molecule has 0 saturated carbocycles. The minimum atomic E-state index is 0.256. The van der Waals surface area contributed by atoms with E-state index >= 15 is 0 Å². The number of hydrogen-bond acceptors (Lipinski definition) is 4. The van der Waals surface area contributed by atoms with E-state index in [9.17, 15) is 5.11 Å². The summed E-state index contributed by atoms with van der Waals surface area (Å²) in [7, 11) is 1.66. The van der Waals surface area contributed by atoms with Gasteiger partial charge in [-0.3, -0.25) is 0 Å². The number of methoxy groups -OCH3 is 1. The Kier molecular flexibility index (Phi) is 3.97. The van der Waals surface area contributed by atoms with Crippen molar-refractivity contribution in [3.05, 3.63) is 53.6 Å². The maximum atomic E-state index is 9.47. The summed E-state index contributed by atoms with van der Waals surface area (Å²) in [6.07, 6.45) is 0.908. The van der Waals surface area contributed by atoms with Gasteiger partial charge in [-0.25, -0.2) is 0 Å². The fourth-order valence-electron chi connectivity index (χ4n) is 2.61. The van der Waals surface area contributed by atoms with Crippen LogP contribution in [0.3, 0.4) is 0 Å². The molecule has 0 unspecified atom stereocenters. The summed E-state index contributed by atoms with van der Waals surface area (Å²) in [6, 6.07) is 13.5. The van der Waals surface area contributed by atoms with Crippen LogP contribution in [0, 0.1) is 0 Å². The van der Waals surface area contributed by atoms with Crippen molar-refractivity contribution in [2.75, 3.05) is 13.7 Å². The summed E-state index contributed by atoms with van der Waals surface area (Å²) in [5.74, 6) is 1.94. The van der Waals surface area contributed by atoms with Crippen LogP contribution in [0.5, 0.6) is 17.2 Å². The van der Waals surface area contributed by atoms with Crippen molar-refractivity contribution in [3.63, 3.8) is 0 Å². The molecule has 3 rings (SSSR count). The quantitative estimate of drug-likeness (QED) is 0.906. The number of fused-ring (bicyclic) bond motifs is 1. The number of phenolic OH excluding ortho intramolecular Hbond substituents is 1. The number of benzene rings is 2. The van der Waals surface area contributed by atoms with Gasteiger partial charge in [-0.1, -0.05) is 24.3 Å². The SMILES string of the molecule is COc1cccc2c1OC[C@H](NCc1cccc(O)c1)C2. The number of nitrogens with one attached hydrogen (secondary N) is 1. The predicted molar refractivity (Wildman–Crippen MR) is 80.9 cm³/mol. The van der Waals surface area contributed by atoms with Gasteiger partial charge >= 0.3 is 0 Å². The molecule has 1 aliphatic heterocycles. The Labute approximate surface area is 124 Å². The van der Waals surface area contributed by atoms with Crippen molar-refractivity contribution in [1.29, 1.82) is 0 Å². The molecule has 2 aromatic rings. The van der Waals surface area contributed by atoms with E-state index in [0.29, 0.717) is 18.9 Å². The standard InChI is InChI=1S/C17H19NO3/c1-20-16-7-3-5-13-9-14(11-21-17(13)16)18-10-12-4-2-6-15(19)8-12/h2-8,14,18-19H,9-11H2,1H3/t14-/m1/s1. The first-order valence-corrected chi connectivity index (χ1v) is 7.06. The average molecular weight is 285 g/mol. The summed E-state index contributed by atoms with van der Waals surface area (Å²) in [5.41, 5.74) is 2.22. The normalized spacial score (nSPS) is 16.9. The van der Waals surface area contributed by atoms with Gasteiger partial charge in [0.25, 0.3) is 0 Å². The van der Waals surface area contributed by atoms with E-state index in [0.717, 1.165) is 29.0 Å². The molecule has 0 aliphatic carbocycles. The molecule has 4 heteroatoms. The molecule has 2 N–H and O–H groups in total. The number of phenols is 1. The fourth-order valence-corrected chi connectivity index (χ4v) is 2.61. The second-order valence-corrected chi connectivity index (χ2v) is 5.21. The van der Waals surface area contributed by atoms with Gasteiger partial charge < -0.3 is 19.9 Å². The van der Waals surface area contributed by atoms with Crippen LogP contribution in [0.1, 0.15) is 11.1 Å². The number of ether oxygens (including phenoxy) is 2. The Morgan fingerprint density at radius 2 is 2.14 bits per heavy atom. The van der Waals surface area contributed by atoms with Crippen molar-refractivity contribution in [1.82, 2.24) is 5.32 Å². The van der Waals surface area contributed by atoms with Crippen LogP contribution >= 0.6 is 0 Å². The third-order valence-corrected chi connectivity index (χ3v) is 3.68. The molecule has 0 bridgehead atoms. The third kappa shape index (κ3) is 3.11. The van der Waals surface area contributed by atoms with Gasteiger partial charge in [0.2, 0.25) is 0 Å². The maximum Gasteiger partial charge on any atom is 0.164 e. The molecule has 1 aliphatic rings. The molecule has 0 amide bonds. The van der Waals surface area contributed by atoms with Crippen molar-refractivity contribution in [3.8, 4) is 17.2 Å². The molecule has 0 spiro atoms. The van der Waals surface area contributed by atoms with Gasteiger partial charge in [-0.05, 0) is 35.7 Å². The molecule has 2 aromatic carbocycles. The lowest BCUT2D eigenvalue weighted by molar-refractivity contribution is 0.226. The highest BCUT2D eigenvalue weighted by atomic mass is 16.5. The van der Waals surface area contributed by atoms with E-state index in [4.69, 9.17) is 9.47 Å². The van der Waals surface area contributed by atoms with Crippen molar-refractivity contribution in [2.45, 2.75) is 19.0 Å². The van der Waals surface area contributed by atoms with Crippen LogP contribution in [-0.4, -0.2) is 24.9 Å². The van der Waals surface area contributed by atoms with Crippen LogP contribution in [0.2, 0.25) is 0 Å². The van der Waals surface area contributed by atoms with E-state index in [1.807, 2.05) is 24.3 Å². The molecule has 1 atom stereocenters. The summed E-state index contributed by atoms with van der Waals surface area (Å²) in [5, 5.41) is 12.9. The van der Waals surface area contributed by atoms with Gasteiger partial charge in [0.1, 0.15) is 12.4 Å². The molecule has 0 aromatic heterocycles. The van der Waals surface area contributed by atoms with Crippen LogP contribution < -0.4 is 14.8 Å². The largest absolute Gasteiger partial charge is 0.508 e. The smallest absolute Gasteiger partial charge is 0.164 e. The van der Waals surface area contributed by atoms with Crippen molar-refractivity contribution in [2.24, 2.45) is 0 Å². The molecule has 4 nitrogen and oxygen atoms in total. The molecule has 21 heavy (non-hydrogen) atoms. The Bertz CT molecular complexity index is 627. The summed E-state index contributed by atoms with van der Waals surface area (Å²) in [6.45, 7) is 1.33. The highest BCUT2D eigenvalue weighted by Gasteiger charge is 2.22. The Morgan fingerprint density at radius 3 is 2.95 bits per heavy atom. The topological polar surface area (TPSA) is 50.7 Å². The second kappa shape index (κ2) is 6.06. The lowest BCUT2D eigenvalue weighted by atomic mass is 10.0. The van der Waals surface area contributed by atoms with Crippen molar-refractivity contribution >= 4 is 0 Å². The van der Waals surface area contributed by atoms with Gasteiger partial charge in [0.05, 0.1) is 7.11 Å². The van der Waals surface area contributed by atoms with Gasteiger partial charge in [-0.2, -0.15) is 0 Å². The summed E-state index contributed by atoms with van der Waals surface area (Å²) >= 11 is 0. The van der Waals surface area contributed by atoms with E-state index in [1.54, 1.807) is 19.2 Å². The Hall–Kier alpha value is -2.20. The third-order valence-electron chi connectivity index (χ3n) is 3.68. The Balaban J connectivity index is 1.64. The number of rotatable bonds is 4. The lowest BCUT2D eigenvalue weighted by Gasteiger charge is -2.27. The fraction of sp³-hybridized carbons (Fsp3) is 0.294. The molecule has 0 saturated heterocycles. The zero-order chi connectivity index (χ0) is 14.7. The zero-order valence-corrected chi connectivity index (χ0v) is 12.0. The average Bonchev–Trinajstić information content (AvgIpc) is 2.52.